The molecule has 0 amide bonds. The van der Waals surface area contributed by atoms with Gasteiger partial charge < -0.3 is 18.9 Å². The van der Waals surface area contributed by atoms with Crippen molar-refractivity contribution in [2.45, 2.75) is 6.17 Å². The second kappa shape index (κ2) is 13.4. The summed E-state index contributed by atoms with van der Waals surface area (Å²) in [5, 5.41) is 13.1. The number of para-hydroxylation sites is 7. The number of aliphatic imine (C=N–C) groups is 2. The second-order valence-corrected chi connectivity index (χ2v) is 16.6. The third-order valence-electron chi connectivity index (χ3n) is 13.1. The Morgan fingerprint density at radius 3 is 1.55 bits per heavy atom. The Morgan fingerprint density at radius 1 is 0.422 bits per heavy atom. The van der Waals surface area contributed by atoms with E-state index in [0.717, 1.165) is 88.3 Å². The van der Waals surface area contributed by atoms with E-state index in [4.69, 9.17) is 14.4 Å². The highest BCUT2D eigenvalue weighted by Gasteiger charge is 2.29. The minimum atomic E-state index is -0.517. The van der Waals surface area contributed by atoms with Gasteiger partial charge in [-0.25, -0.2) is 4.99 Å². The van der Waals surface area contributed by atoms with Crippen LogP contribution in [0.4, 0.5) is 0 Å². The van der Waals surface area contributed by atoms with E-state index in [2.05, 4.69) is 195 Å². The zero-order valence-corrected chi connectivity index (χ0v) is 34.4. The van der Waals surface area contributed by atoms with Crippen LogP contribution in [0.3, 0.4) is 0 Å². The van der Waals surface area contributed by atoms with Gasteiger partial charge in [0.2, 0.25) is 5.96 Å². The van der Waals surface area contributed by atoms with Crippen molar-refractivity contribution in [1.82, 2.24) is 19.0 Å². The van der Waals surface area contributed by atoms with Gasteiger partial charge in [-0.2, -0.15) is 4.99 Å². The number of benzene rings is 9. The molecule has 0 saturated carbocycles. The first-order valence-corrected chi connectivity index (χ1v) is 21.7. The summed E-state index contributed by atoms with van der Waals surface area (Å²) in [6, 6.07) is 73.2. The van der Waals surface area contributed by atoms with Crippen molar-refractivity contribution in [1.29, 1.82) is 0 Å². The van der Waals surface area contributed by atoms with Crippen LogP contribution in [0.15, 0.2) is 221 Å². The molecule has 64 heavy (non-hydrogen) atoms. The lowest BCUT2D eigenvalue weighted by Crippen LogP contribution is -2.37. The number of amidine groups is 1. The number of aromatic nitrogens is 3. The second-order valence-electron chi connectivity index (χ2n) is 16.6. The number of fused-ring (bicyclic) bond motifs is 12. The van der Waals surface area contributed by atoms with Crippen LogP contribution >= 0.6 is 0 Å². The minimum absolute atomic E-state index is 0.517. The monoisotopic (exact) mass is 820 g/mol. The molecular formula is C57H36N6O. The van der Waals surface area contributed by atoms with Crippen molar-refractivity contribution in [3.8, 4) is 11.4 Å². The first kappa shape index (κ1) is 35.0. The molecule has 0 radical (unpaired) electrons. The van der Waals surface area contributed by atoms with Crippen LogP contribution < -0.4 is 5.32 Å². The molecule has 7 heteroatoms. The molecule has 0 bridgehead atoms. The first-order valence-electron chi connectivity index (χ1n) is 21.7. The maximum absolute atomic E-state index is 6.64. The summed E-state index contributed by atoms with van der Waals surface area (Å²) in [6.07, 6.45) is -0.517. The molecule has 13 aromatic rings. The molecule has 1 atom stereocenters. The molecule has 0 spiro atoms. The molecule has 0 saturated heterocycles. The van der Waals surface area contributed by atoms with E-state index in [-0.39, 0.29) is 0 Å². The molecule has 1 N–H and O–H groups in total. The smallest absolute Gasteiger partial charge is 0.212 e. The van der Waals surface area contributed by atoms with Gasteiger partial charge >= 0.3 is 0 Å². The molecule has 300 valence electrons. The van der Waals surface area contributed by atoms with Gasteiger partial charge in [-0.1, -0.05) is 158 Å². The third kappa shape index (κ3) is 4.97. The van der Waals surface area contributed by atoms with Gasteiger partial charge in [0.15, 0.2) is 12.0 Å². The van der Waals surface area contributed by atoms with Crippen LogP contribution in [0.25, 0.3) is 98.7 Å². The molecule has 5 heterocycles. The van der Waals surface area contributed by atoms with Crippen LogP contribution in [0.1, 0.15) is 17.3 Å². The Labute approximate surface area is 366 Å². The van der Waals surface area contributed by atoms with E-state index in [9.17, 15) is 0 Å². The highest BCUT2D eigenvalue weighted by atomic mass is 16.3. The lowest BCUT2D eigenvalue weighted by Gasteiger charge is -2.25. The van der Waals surface area contributed by atoms with Crippen molar-refractivity contribution in [2.24, 2.45) is 9.98 Å². The number of hydrogen-bond donors (Lipinski definition) is 1. The highest BCUT2D eigenvalue weighted by Crippen LogP contribution is 2.42. The van der Waals surface area contributed by atoms with E-state index in [1.807, 2.05) is 30.3 Å². The highest BCUT2D eigenvalue weighted by molar-refractivity contribution is 6.21. The van der Waals surface area contributed by atoms with E-state index in [1.165, 1.54) is 21.5 Å². The van der Waals surface area contributed by atoms with Crippen LogP contribution in [0, 0.1) is 0 Å². The van der Waals surface area contributed by atoms with Gasteiger partial charge in [-0.15, -0.1) is 0 Å². The largest absolute Gasteiger partial charge is 0.456 e. The fraction of sp³-hybridized carbons (Fsp3) is 0.0175. The lowest BCUT2D eigenvalue weighted by atomic mass is 10.1. The molecule has 4 aromatic heterocycles. The Morgan fingerprint density at radius 2 is 0.922 bits per heavy atom. The Bertz CT molecular complexity index is 4020. The SMILES string of the molecule is c1ccc(C2=NC(c3cccc4c3oc3ccccc34)NC(n3c4ccccc4c4cc(-n5c6ccccc6c6ccccc65)cc(-n5c6ccccc6c6ccccc65)c43)=N2)cc1. The third-order valence-corrected chi connectivity index (χ3v) is 13.1. The average Bonchev–Trinajstić information content (AvgIpc) is 4.11. The van der Waals surface area contributed by atoms with Gasteiger partial charge in [0.05, 0.1) is 38.8 Å². The van der Waals surface area contributed by atoms with E-state index in [1.54, 1.807) is 0 Å². The van der Waals surface area contributed by atoms with Gasteiger partial charge in [-0.3, -0.25) is 4.57 Å². The normalized spacial score (nSPS) is 14.4. The van der Waals surface area contributed by atoms with Crippen molar-refractivity contribution in [2.75, 3.05) is 0 Å². The van der Waals surface area contributed by atoms with E-state index < -0.39 is 6.17 Å². The van der Waals surface area contributed by atoms with Gasteiger partial charge in [0, 0.05) is 59.9 Å². The number of nitrogens with zero attached hydrogens (tertiary/aromatic N) is 5. The number of nitrogens with one attached hydrogen (secondary N) is 1. The van der Waals surface area contributed by atoms with Gasteiger partial charge in [0.25, 0.3) is 0 Å². The lowest BCUT2D eigenvalue weighted by molar-refractivity contribution is 0.623. The maximum atomic E-state index is 6.64. The topological polar surface area (TPSA) is 64.7 Å². The summed E-state index contributed by atoms with van der Waals surface area (Å²) < 4.78 is 13.8. The van der Waals surface area contributed by atoms with Crippen LogP contribution in [0.2, 0.25) is 0 Å². The molecule has 0 fully saturated rings. The summed E-state index contributed by atoms with van der Waals surface area (Å²) in [7, 11) is 0. The Balaban J connectivity index is 1.11. The summed E-state index contributed by atoms with van der Waals surface area (Å²) in [4.78, 5) is 10.8. The Hall–Kier alpha value is -8.68. The summed E-state index contributed by atoms with van der Waals surface area (Å²) in [5.74, 6) is 1.31. The molecule has 9 aromatic carbocycles. The summed E-state index contributed by atoms with van der Waals surface area (Å²) >= 11 is 0. The van der Waals surface area contributed by atoms with E-state index >= 15 is 0 Å². The molecule has 1 aliphatic rings. The molecular weight excluding hydrogens is 785 g/mol. The van der Waals surface area contributed by atoms with Crippen LogP contribution in [0.5, 0.6) is 0 Å². The van der Waals surface area contributed by atoms with E-state index in [0.29, 0.717) is 11.8 Å². The molecule has 1 unspecified atom stereocenters. The predicted molar refractivity (Wildman–Crippen MR) is 264 cm³/mol. The zero-order valence-electron chi connectivity index (χ0n) is 34.4. The predicted octanol–water partition coefficient (Wildman–Crippen LogP) is 13.8. The van der Waals surface area contributed by atoms with Gasteiger partial charge in [-0.05, 0) is 48.5 Å². The molecule has 7 nitrogen and oxygen atoms in total. The van der Waals surface area contributed by atoms with Crippen molar-refractivity contribution >= 4 is 99.2 Å². The minimum Gasteiger partial charge on any atom is -0.456 e. The van der Waals surface area contributed by atoms with Crippen LogP contribution in [-0.2, 0) is 0 Å². The standard InChI is InChI=1S/C57H36N6O/c1-2-17-35(18-3-1)55-58-56(44-26-16-25-43-42-24-9-15-32-52(42)64-54(43)44)60-57(59-55)63-50-31-14-8-23-41(50)45-33-36(61-46-27-10-4-19-37(46)38-20-5-11-28-47(38)61)34-51(53(45)63)62-48-29-12-6-21-39(48)40-22-7-13-30-49(40)62/h1-34,56H,(H,58,59,60). The number of rotatable bonds is 4. The quantitative estimate of drug-likeness (QED) is 0.192. The Kier molecular flexibility index (Phi) is 7.33. The van der Waals surface area contributed by atoms with Crippen molar-refractivity contribution in [3.05, 3.63) is 217 Å². The van der Waals surface area contributed by atoms with Crippen molar-refractivity contribution in [3.63, 3.8) is 0 Å². The first-order chi connectivity index (χ1) is 31.8. The number of hydrogen-bond acceptors (Lipinski definition) is 4. The molecule has 0 aliphatic carbocycles. The molecule has 14 rings (SSSR count). The van der Waals surface area contributed by atoms with Gasteiger partial charge in [0.1, 0.15) is 11.2 Å². The summed E-state index contributed by atoms with van der Waals surface area (Å²) in [6.45, 7) is 0. The maximum Gasteiger partial charge on any atom is 0.212 e. The fourth-order valence-electron chi connectivity index (χ4n) is 10.4. The molecule has 1 aliphatic heterocycles. The zero-order chi connectivity index (χ0) is 41.9. The van der Waals surface area contributed by atoms with Crippen molar-refractivity contribution < 1.29 is 4.42 Å². The number of furan rings is 1. The van der Waals surface area contributed by atoms with Crippen LogP contribution in [-0.4, -0.2) is 25.5 Å². The average molecular weight is 821 g/mol. The fourth-order valence-corrected chi connectivity index (χ4v) is 10.4. The summed E-state index contributed by atoms with van der Waals surface area (Å²) in [5.41, 5.74) is 12.2.